The second-order valence-electron chi connectivity index (χ2n) is 13.0. The number of nitrogens with zero attached hydrogens (tertiary/aromatic N) is 1. The Labute approximate surface area is 273 Å². The summed E-state index contributed by atoms with van der Waals surface area (Å²) >= 11 is 0. The van der Waals surface area contributed by atoms with Gasteiger partial charge in [0.2, 0.25) is 17.7 Å². The molecule has 0 aliphatic carbocycles. The lowest BCUT2D eigenvalue weighted by atomic mass is 9.66. The fourth-order valence-corrected chi connectivity index (χ4v) is 8.09. The Hall–Kier alpha value is -4.73. The zero-order chi connectivity index (χ0) is 32.8. The summed E-state index contributed by atoms with van der Waals surface area (Å²) in [6.07, 6.45) is 1.28. The molecule has 0 aromatic heterocycles. The van der Waals surface area contributed by atoms with E-state index in [1.807, 2.05) is 86.6 Å². The molecule has 2 unspecified atom stereocenters. The van der Waals surface area contributed by atoms with Crippen molar-refractivity contribution in [2.45, 2.75) is 56.4 Å². The zero-order valence-electron chi connectivity index (χ0n) is 26.5. The topological polar surface area (TPSA) is 117 Å². The summed E-state index contributed by atoms with van der Waals surface area (Å²) in [6, 6.07) is 28.5. The molecule has 3 N–H and O–H groups in total. The fourth-order valence-electron chi connectivity index (χ4n) is 8.09. The number of benzene rings is 4. The molecule has 6 atom stereocenters. The number of carbonyl (C=O) groups is 3. The van der Waals surface area contributed by atoms with Gasteiger partial charge in [-0.15, -0.1) is 0 Å². The van der Waals surface area contributed by atoms with E-state index >= 15 is 0 Å². The Morgan fingerprint density at radius 1 is 0.915 bits per heavy atom. The van der Waals surface area contributed by atoms with Crippen LogP contribution in [-0.4, -0.2) is 64.2 Å². The number of aliphatic hydroxyl groups excluding tert-OH is 1. The van der Waals surface area contributed by atoms with Crippen LogP contribution in [0.1, 0.15) is 32.3 Å². The standard InChI is InChI=1S/C38H39N3O6/c1-3-46-30-17-15-27(16-18-30)39-34(43)31-32-36(45)41(29(23-42)21-24-9-5-4-6-10-24)33(38(32)20-19-37(31,2)47-38)35(44)40-28-14-13-25-11-7-8-12-26(25)22-28/h4-18,22,29,31-33,42H,3,19-21,23H2,1-2H3,(H,39,43)(H,40,44)/t29-,31+,32+,33?,37-,38?/m1/s1. The van der Waals surface area contributed by atoms with E-state index in [4.69, 9.17) is 9.47 Å². The maximum absolute atomic E-state index is 14.7. The molecule has 3 heterocycles. The van der Waals surface area contributed by atoms with Gasteiger partial charge in [-0.3, -0.25) is 14.4 Å². The number of carbonyl (C=O) groups excluding carboxylic acids is 3. The zero-order valence-corrected chi connectivity index (χ0v) is 26.5. The van der Waals surface area contributed by atoms with Gasteiger partial charge in [-0.2, -0.15) is 0 Å². The quantitative estimate of drug-likeness (QED) is 0.222. The molecule has 3 fully saturated rings. The van der Waals surface area contributed by atoms with Crippen LogP contribution in [0.4, 0.5) is 11.4 Å². The minimum atomic E-state index is -1.24. The predicted octanol–water partition coefficient (Wildman–Crippen LogP) is 5.18. The van der Waals surface area contributed by atoms with Crippen LogP contribution in [0.2, 0.25) is 0 Å². The molecule has 3 aliphatic rings. The first-order chi connectivity index (χ1) is 22.8. The van der Waals surface area contributed by atoms with Crippen molar-refractivity contribution in [1.29, 1.82) is 0 Å². The van der Waals surface area contributed by atoms with E-state index in [0.717, 1.165) is 16.3 Å². The number of hydrogen-bond acceptors (Lipinski definition) is 6. The number of amides is 3. The lowest BCUT2D eigenvalue weighted by Gasteiger charge is -2.37. The monoisotopic (exact) mass is 633 g/mol. The molecule has 7 rings (SSSR count). The van der Waals surface area contributed by atoms with Gasteiger partial charge in [-0.1, -0.05) is 60.7 Å². The van der Waals surface area contributed by atoms with Crippen molar-refractivity contribution in [3.05, 3.63) is 103 Å². The Morgan fingerprint density at radius 2 is 1.60 bits per heavy atom. The van der Waals surface area contributed by atoms with E-state index in [2.05, 4.69) is 10.6 Å². The van der Waals surface area contributed by atoms with Gasteiger partial charge in [0.05, 0.1) is 36.7 Å². The smallest absolute Gasteiger partial charge is 0.250 e. The molecule has 4 aromatic carbocycles. The first-order valence-corrected chi connectivity index (χ1v) is 16.3. The Bertz CT molecular complexity index is 1810. The summed E-state index contributed by atoms with van der Waals surface area (Å²) in [6.45, 7) is 3.94. The van der Waals surface area contributed by atoms with Crippen LogP contribution in [0.5, 0.6) is 5.75 Å². The Morgan fingerprint density at radius 3 is 2.32 bits per heavy atom. The molecule has 242 valence electrons. The highest BCUT2D eigenvalue weighted by atomic mass is 16.5. The van der Waals surface area contributed by atoms with Gasteiger partial charge in [0.25, 0.3) is 0 Å². The maximum atomic E-state index is 14.7. The van der Waals surface area contributed by atoms with E-state index < -0.39 is 41.0 Å². The average molecular weight is 634 g/mol. The van der Waals surface area contributed by atoms with Gasteiger partial charge in [-0.25, -0.2) is 0 Å². The van der Waals surface area contributed by atoms with Gasteiger partial charge in [0.15, 0.2) is 0 Å². The van der Waals surface area contributed by atoms with Crippen LogP contribution in [-0.2, 0) is 25.5 Å². The molecule has 9 nitrogen and oxygen atoms in total. The van der Waals surface area contributed by atoms with Crippen LogP contribution in [0.25, 0.3) is 10.8 Å². The second kappa shape index (κ2) is 12.1. The number of rotatable bonds is 10. The Balaban J connectivity index is 1.24. The number of fused-ring (bicyclic) bond motifs is 2. The van der Waals surface area contributed by atoms with Gasteiger partial charge < -0.3 is 30.1 Å². The van der Waals surface area contributed by atoms with Crippen molar-refractivity contribution in [2.24, 2.45) is 11.8 Å². The van der Waals surface area contributed by atoms with Crippen LogP contribution < -0.4 is 15.4 Å². The van der Waals surface area contributed by atoms with E-state index in [0.29, 0.717) is 43.0 Å². The molecule has 2 bridgehead atoms. The number of aliphatic hydroxyl groups is 1. The third kappa shape index (κ3) is 5.33. The van der Waals surface area contributed by atoms with Gasteiger partial charge in [-0.05, 0) is 85.8 Å². The molecular formula is C38H39N3O6. The minimum absolute atomic E-state index is 0.337. The average Bonchev–Trinajstić information content (AvgIpc) is 3.65. The summed E-state index contributed by atoms with van der Waals surface area (Å²) in [5, 5.41) is 18.8. The number of anilines is 2. The van der Waals surface area contributed by atoms with Crippen molar-refractivity contribution in [3.8, 4) is 5.75 Å². The molecule has 47 heavy (non-hydrogen) atoms. The first kappa shape index (κ1) is 30.9. The highest BCUT2D eigenvalue weighted by Crippen LogP contribution is 2.63. The van der Waals surface area contributed by atoms with Gasteiger partial charge >= 0.3 is 0 Å². The van der Waals surface area contributed by atoms with Crippen molar-refractivity contribution >= 4 is 39.9 Å². The maximum Gasteiger partial charge on any atom is 0.250 e. The van der Waals surface area contributed by atoms with Crippen molar-refractivity contribution in [1.82, 2.24) is 4.90 Å². The van der Waals surface area contributed by atoms with Crippen molar-refractivity contribution in [2.75, 3.05) is 23.8 Å². The molecule has 3 saturated heterocycles. The fraction of sp³-hybridized carbons (Fsp3) is 0.342. The summed E-state index contributed by atoms with van der Waals surface area (Å²) < 4.78 is 12.3. The van der Waals surface area contributed by atoms with Crippen LogP contribution in [0.15, 0.2) is 97.1 Å². The number of hydrogen-bond donors (Lipinski definition) is 3. The summed E-state index contributed by atoms with van der Waals surface area (Å²) in [5.74, 6) is -2.15. The van der Waals surface area contributed by atoms with E-state index in [1.165, 1.54) is 4.90 Å². The normalized spacial score (nSPS) is 26.7. The second-order valence-corrected chi connectivity index (χ2v) is 13.0. The van der Waals surface area contributed by atoms with Crippen LogP contribution >= 0.6 is 0 Å². The SMILES string of the molecule is CCOc1ccc(NC(=O)[C@@H]2[C@H]3C(=O)N([C@@H](CO)Cc4ccccc4)C(C(=O)Nc4ccc5ccccc5c4)C34CC[C@@]2(C)O4)cc1. The van der Waals surface area contributed by atoms with E-state index in [1.54, 1.807) is 24.3 Å². The molecule has 1 spiro atoms. The third-order valence-electron chi connectivity index (χ3n) is 10.1. The largest absolute Gasteiger partial charge is 0.494 e. The number of nitrogens with one attached hydrogen (secondary N) is 2. The third-order valence-corrected chi connectivity index (χ3v) is 10.1. The number of ether oxygens (including phenoxy) is 2. The lowest BCUT2D eigenvalue weighted by Crippen LogP contribution is -2.57. The highest BCUT2D eigenvalue weighted by Gasteiger charge is 2.78. The van der Waals surface area contributed by atoms with Crippen LogP contribution in [0.3, 0.4) is 0 Å². The molecule has 9 heteroatoms. The molecule has 0 radical (unpaired) electrons. The van der Waals surface area contributed by atoms with E-state index in [-0.39, 0.29) is 18.4 Å². The van der Waals surface area contributed by atoms with Gasteiger partial charge in [0.1, 0.15) is 17.4 Å². The molecule has 0 saturated carbocycles. The first-order valence-electron chi connectivity index (χ1n) is 16.3. The predicted molar refractivity (Wildman–Crippen MR) is 179 cm³/mol. The van der Waals surface area contributed by atoms with Crippen LogP contribution in [0, 0.1) is 11.8 Å². The van der Waals surface area contributed by atoms with E-state index in [9.17, 15) is 19.5 Å². The molecule has 3 amide bonds. The number of likely N-dealkylation sites (tertiary alicyclic amines) is 1. The van der Waals surface area contributed by atoms with Gasteiger partial charge in [0, 0.05) is 11.4 Å². The van der Waals surface area contributed by atoms with Crippen molar-refractivity contribution in [3.63, 3.8) is 0 Å². The molecular weight excluding hydrogens is 594 g/mol. The summed E-state index contributed by atoms with van der Waals surface area (Å²) in [5.41, 5.74) is -0.100. The molecule has 3 aliphatic heterocycles. The lowest BCUT2D eigenvalue weighted by molar-refractivity contribution is -0.146. The summed E-state index contributed by atoms with van der Waals surface area (Å²) in [4.78, 5) is 44.8. The molecule has 4 aromatic rings. The minimum Gasteiger partial charge on any atom is -0.494 e. The summed E-state index contributed by atoms with van der Waals surface area (Å²) in [7, 11) is 0. The highest BCUT2D eigenvalue weighted by molar-refractivity contribution is 6.06. The van der Waals surface area contributed by atoms with Crippen molar-refractivity contribution < 1.29 is 29.0 Å². The Kier molecular flexibility index (Phi) is 7.98.